The fourth-order valence-electron chi connectivity index (χ4n) is 7.09. The molecule has 2 saturated heterocycles. The maximum absolute atomic E-state index is 12.9. The topological polar surface area (TPSA) is 420 Å². The molecule has 25 nitrogen and oxygen atoms in total. The molecule has 0 spiro atoms. The zero-order chi connectivity index (χ0) is 49.2. The number of unbranched alkanes of at least 4 members (excludes halogenated alkanes) is 11. The van der Waals surface area contributed by atoms with Gasteiger partial charge >= 0.3 is 17.9 Å². The van der Waals surface area contributed by atoms with Gasteiger partial charge in [-0.1, -0.05) is 64.2 Å². The van der Waals surface area contributed by atoms with E-state index in [-0.39, 0.29) is 31.5 Å². The van der Waals surface area contributed by atoms with Gasteiger partial charge in [-0.25, -0.2) is 9.59 Å². The Morgan fingerprint density at radius 2 is 1.44 bits per heavy atom. The number of aliphatic hydroxyl groups excluding tert-OH is 6. The third-order valence-corrected chi connectivity index (χ3v) is 11.5. The van der Waals surface area contributed by atoms with E-state index >= 15 is 0 Å². The summed E-state index contributed by atoms with van der Waals surface area (Å²) in [5, 5.41) is 105. The van der Waals surface area contributed by atoms with Crippen LogP contribution < -0.4 is 21.7 Å². The Morgan fingerprint density at radius 1 is 0.848 bits per heavy atom. The highest BCUT2D eigenvalue weighted by Gasteiger charge is 2.56. The SMILES string of the molecule is N=C(N)CC=NC1OC(COPOC2(C(=O)O)CC(O)C(NC(=O)CNC(=O)CCC(NC(=O)CCCCCCCCCCCCCCC(=O)O)C(=O)O)C(C(O)C(O)CO)O2)C(O)C1O. The van der Waals surface area contributed by atoms with Crippen molar-refractivity contribution in [1.29, 1.82) is 5.41 Å². The number of amides is 3. The summed E-state index contributed by atoms with van der Waals surface area (Å²) in [7, 11) is -1.20. The van der Waals surface area contributed by atoms with E-state index in [2.05, 4.69) is 20.9 Å². The average molecular weight is 969 g/mol. The number of carbonyl (C=O) groups excluding carboxylic acids is 3. The van der Waals surface area contributed by atoms with Crippen molar-refractivity contribution in [2.75, 3.05) is 19.8 Å². The van der Waals surface area contributed by atoms with Crippen LogP contribution in [0.15, 0.2) is 4.99 Å². The maximum atomic E-state index is 12.9. The van der Waals surface area contributed by atoms with Crippen LogP contribution in [-0.4, -0.2) is 180 Å². The van der Waals surface area contributed by atoms with Gasteiger partial charge in [0, 0.05) is 38.3 Å². The van der Waals surface area contributed by atoms with Gasteiger partial charge in [0.15, 0.2) is 15.3 Å². The molecule has 3 amide bonds. The first-order valence-electron chi connectivity index (χ1n) is 22.1. The van der Waals surface area contributed by atoms with Gasteiger partial charge in [-0.05, 0) is 19.3 Å². The minimum atomic E-state index is -2.77. The molecule has 0 aromatic rings. The maximum Gasteiger partial charge on any atom is 0.364 e. The van der Waals surface area contributed by atoms with Crippen molar-refractivity contribution in [1.82, 2.24) is 16.0 Å². The van der Waals surface area contributed by atoms with Crippen molar-refractivity contribution in [2.24, 2.45) is 10.7 Å². The predicted molar refractivity (Wildman–Crippen MR) is 232 cm³/mol. The van der Waals surface area contributed by atoms with E-state index in [4.69, 9.17) is 34.8 Å². The monoisotopic (exact) mass is 968 g/mol. The molecule has 2 fully saturated rings. The van der Waals surface area contributed by atoms with E-state index in [0.717, 1.165) is 64.2 Å². The van der Waals surface area contributed by atoms with E-state index in [9.17, 15) is 69.6 Å². The van der Waals surface area contributed by atoms with Crippen LogP contribution in [0.4, 0.5) is 0 Å². The van der Waals surface area contributed by atoms with Gasteiger partial charge in [0.25, 0.3) is 5.79 Å². The molecule has 66 heavy (non-hydrogen) atoms. The van der Waals surface area contributed by atoms with Crippen LogP contribution in [0.1, 0.15) is 116 Å². The second kappa shape index (κ2) is 31.1. The first-order chi connectivity index (χ1) is 31.3. The number of nitrogens with one attached hydrogen (secondary N) is 4. The van der Waals surface area contributed by atoms with Crippen LogP contribution in [0.25, 0.3) is 0 Å². The molecule has 0 radical (unpaired) electrons. The molecule has 0 aromatic carbocycles. The smallest absolute Gasteiger partial charge is 0.364 e. The number of carboxylic acids is 3. The minimum absolute atomic E-state index is 0.0403. The summed E-state index contributed by atoms with van der Waals surface area (Å²) in [5.41, 5.74) is 5.26. The molecule has 378 valence electrons. The van der Waals surface area contributed by atoms with E-state index in [0.29, 0.717) is 12.8 Å². The Labute approximate surface area is 383 Å². The van der Waals surface area contributed by atoms with Crippen LogP contribution >= 0.6 is 9.03 Å². The van der Waals surface area contributed by atoms with E-state index in [1.807, 2.05) is 0 Å². The second-order valence-corrected chi connectivity index (χ2v) is 16.9. The van der Waals surface area contributed by atoms with Gasteiger partial charge in [0.05, 0.1) is 37.7 Å². The zero-order valence-corrected chi connectivity index (χ0v) is 37.8. The van der Waals surface area contributed by atoms with Gasteiger partial charge < -0.3 is 81.6 Å². The molecule has 12 unspecified atom stereocenters. The number of amidine groups is 1. The first kappa shape index (κ1) is 58.1. The third-order valence-electron chi connectivity index (χ3n) is 10.8. The molecule has 0 saturated carbocycles. The Kier molecular flexibility index (Phi) is 27.4. The summed E-state index contributed by atoms with van der Waals surface area (Å²) in [6.45, 7) is -2.28. The Bertz CT molecular complexity index is 1580. The average Bonchev–Trinajstić information content (AvgIpc) is 3.53. The highest BCUT2D eigenvalue weighted by atomic mass is 31.1. The molecule has 0 aromatic heterocycles. The molecule has 26 heteroatoms. The van der Waals surface area contributed by atoms with Crippen molar-refractivity contribution in [3.05, 3.63) is 0 Å². The molecule has 2 heterocycles. The molecule has 15 N–H and O–H groups in total. The van der Waals surface area contributed by atoms with E-state index in [1.165, 1.54) is 6.21 Å². The number of carbonyl (C=O) groups is 6. The lowest BCUT2D eigenvalue weighted by atomic mass is 9.88. The highest BCUT2D eigenvalue weighted by Crippen LogP contribution is 2.38. The highest BCUT2D eigenvalue weighted by molar-refractivity contribution is 7.26. The van der Waals surface area contributed by atoms with Crippen molar-refractivity contribution < 1.29 is 93.2 Å². The molecular formula is C40H69N6O19P. The first-order valence-corrected chi connectivity index (χ1v) is 22.9. The Balaban J connectivity index is 1.81. The number of carboxylic acid groups (broad SMARTS) is 3. The predicted octanol–water partition coefficient (Wildman–Crippen LogP) is -1.49. The fourth-order valence-corrected chi connectivity index (χ4v) is 7.73. The van der Waals surface area contributed by atoms with Crippen molar-refractivity contribution in [2.45, 2.75) is 182 Å². The number of aliphatic carboxylic acids is 3. The molecule has 2 aliphatic heterocycles. The normalized spacial score (nSPS) is 25.6. The van der Waals surface area contributed by atoms with Gasteiger partial charge in [-0.2, -0.15) is 0 Å². The summed E-state index contributed by atoms with van der Waals surface area (Å²) in [5.74, 6) is -9.21. The molecule has 0 aliphatic carbocycles. The summed E-state index contributed by atoms with van der Waals surface area (Å²) in [6, 6.07) is -3.05. The van der Waals surface area contributed by atoms with Gasteiger partial charge in [-0.3, -0.25) is 34.1 Å². The molecule has 2 aliphatic rings. The lowest BCUT2D eigenvalue weighted by Gasteiger charge is -2.46. The zero-order valence-electron chi connectivity index (χ0n) is 36.8. The third kappa shape index (κ3) is 21.3. The van der Waals surface area contributed by atoms with Crippen molar-refractivity contribution in [3.63, 3.8) is 0 Å². The number of aliphatic imine (C=N–C) groups is 1. The number of aliphatic hydroxyl groups is 6. The van der Waals surface area contributed by atoms with Crippen LogP contribution in [0, 0.1) is 5.41 Å². The fraction of sp³-hybridized carbons (Fsp3) is 0.800. The van der Waals surface area contributed by atoms with E-state index in [1.54, 1.807) is 0 Å². The van der Waals surface area contributed by atoms with Crippen molar-refractivity contribution in [3.8, 4) is 0 Å². The van der Waals surface area contributed by atoms with E-state index < -0.39 is 144 Å². The molecule has 2 rings (SSSR count). The number of nitrogens with two attached hydrogens (primary N) is 1. The second-order valence-electron chi connectivity index (χ2n) is 16.3. The van der Waals surface area contributed by atoms with Crippen LogP contribution in [0.3, 0.4) is 0 Å². The lowest BCUT2D eigenvalue weighted by molar-refractivity contribution is -0.283. The largest absolute Gasteiger partial charge is 0.481 e. The number of ether oxygens (including phenoxy) is 2. The molecular weight excluding hydrogens is 899 g/mol. The summed E-state index contributed by atoms with van der Waals surface area (Å²) < 4.78 is 21.7. The Morgan fingerprint density at radius 3 is 1.98 bits per heavy atom. The summed E-state index contributed by atoms with van der Waals surface area (Å²) in [4.78, 5) is 76.7. The summed E-state index contributed by atoms with van der Waals surface area (Å²) in [6.07, 6.45) is -2.03. The van der Waals surface area contributed by atoms with Gasteiger partial charge in [0.1, 0.15) is 42.7 Å². The van der Waals surface area contributed by atoms with Gasteiger partial charge in [0.2, 0.25) is 17.7 Å². The molecule has 0 bridgehead atoms. The number of rotatable bonds is 35. The van der Waals surface area contributed by atoms with Crippen molar-refractivity contribution >= 4 is 56.7 Å². The number of hydrogen-bond donors (Lipinski definition) is 14. The number of hydrogen-bond acceptors (Lipinski definition) is 18. The number of nitrogens with zero attached hydrogens (tertiary/aromatic N) is 1. The lowest BCUT2D eigenvalue weighted by Crippen LogP contribution is -2.68. The minimum Gasteiger partial charge on any atom is -0.481 e. The van der Waals surface area contributed by atoms with Crippen LogP contribution in [0.2, 0.25) is 0 Å². The van der Waals surface area contributed by atoms with Gasteiger partial charge in [-0.15, -0.1) is 0 Å². The quantitative estimate of drug-likeness (QED) is 0.0149. The van der Waals surface area contributed by atoms with Crippen LogP contribution in [-0.2, 0) is 47.3 Å². The summed E-state index contributed by atoms with van der Waals surface area (Å²) >= 11 is 0. The Hall–Kier alpha value is -4.01. The molecule has 12 atom stereocenters. The standard InChI is InChI=1S/C40H69N6O19P/c41-27(42)17-18-43-37-35(57)34(56)26(63-37)22-62-66-65-40(39(60)61)19-24(48)32(36(64-40)33(55)25(49)21-47)46-30(52)20-44-28(50)16-15-23(38(58)59)45-29(51)13-11-9-7-5-3-1-2-4-6-8-10-12-14-31(53)54/h18,23-26,32-37,47-49,55-57,66H,1-17,19-22H2,(H3,41,42)(H,44,50)(H,45,51)(H,46,52)(H,53,54)(H,58,59)(H,60,61). The van der Waals surface area contributed by atoms with Crippen LogP contribution in [0.5, 0.6) is 0 Å².